The van der Waals surface area contributed by atoms with Crippen LogP contribution < -0.4 is 0 Å². The SMILES string of the molecule is [c]1ccnc2ccnn12. The minimum absolute atomic E-state index is 0.831. The summed E-state index contributed by atoms with van der Waals surface area (Å²) in [7, 11) is 0. The first-order valence-corrected chi connectivity index (χ1v) is 2.63. The van der Waals surface area contributed by atoms with E-state index in [-0.39, 0.29) is 0 Å². The van der Waals surface area contributed by atoms with Crippen molar-refractivity contribution in [2.45, 2.75) is 0 Å². The first-order valence-electron chi connectivity index (χ1n) is 2.63. The summed E-state index contributed by atoms with van der Waals surface area (Å²) in [5, 5.41) is 3.92. The maximum Gasteiger partial charge on any atom is 0.155 e. The molecule has 2 heterocycles. The lowest BCUT2D eigenvalue weighted by Crippen LogP contribution is -1.86. The van der Waals surface area contributed by atoms with Gasteiger partial charge in [0.15, 0.2) is 5.65 Å². The highest BCUT2D eigenvalue weighted by Gasteiger charge is 1.87. The third-order valence-electron chi connectivity index (χ3n) is 1.10. The molecule has 0 atom stereocenters. The number of fused-ring (bicyclic) bond motifs is 1. The summed E-state index contributed by atoms with van der Waals surface area (Å²) >= 11 is 0. The average molecular weight is 118 g/mol. The Morgan fingerprint density at radius 3 is 3.33 bits per heavy atom. The Labute approximate surface area is 52.0 Å². The summed E-state index contributed by atoms with van der Waals surface area (Å²) in [6.07, 6.45) is 6.26. The van der Waals surface area contributed by atoms with E-state index in [0.717, 1.165) is 5.65 Å². The van der Waals surface area contributed by atoms with Crippen LogP contribution in [0.1, 0.15) is 0 Å². The first-order chi connectivity index (χ1) is 4.47. The molecule has 0 aliphatic rings. The molecule has 0 N–H and O–H groups in total. The van der Waals surface area contributed by atoms with E-state index in [9.17, 15) is 0 Å². The topological polar surface area (TPSA) is 30.2 Å². The molecule has 0 spiro atoms. The minimum atomic E-state index is 0.831. The number of rotatable bonds is 0. The van der Waals surface area contributed by atoms with Crippen molar-refractivity contribution in [2.75, 3.05) is 0 Å². The summed E-state index contributed by atoms with van der Waals surface area (Å²) in [4.78, 5) is 4.01. The van der Waals surface area contributed by atoms with Gasteiger partial charge in [0.1, 0.15) is 0 Å². The van der Waals surface area contributed by atoms with Crippen LogP contribution in [0, 0.1) is 6.20 Å². The van der Waals surface area contributed by atoms with E-state index in [1.165, 1.54) is 0 Å². The zero-order valence-electron chi connectivity index (χ0n) is 4.65. The number of hydrogen-bond donors (Lipinski definition) is 0. The Bertz CT molecular complexity index is 282. The highest BCUT2D eigenvalue weighted by Crippen LogP contribution is 1.92. The van der Waals surface area contributed by atoms with Gasteiger partial charge >= 0.3 is 0 Å². The first kappa shape index (κ1) is 4.49. The molecule has 0 fully saturated rings. The molecule has 0 saturated carbocycles. The molecule has 2 aromatic heterocycles. The molecule has 3 heteroatoms. The van der Waals surface area contributed by atoms with E-state index in [4.69, 9.17) is 0 Å². The second-order valence-corrected chi connectivity index (χ2v) is 1.68. The zero-order chi connectivity index (χ0) is 6.10. The van der Waals surface area contributed by atoms with E-state index in [1.54, 1.807) is 23.0 Å². The van der Waals surface area contributed by atoms with Gasteiger partial charge in [0, 0.05) is 12.3 Å². The van der Waals surface area contributed by atoms with Crippen LogP contribution in [-0.4, -0.2) is 14.6 Å². The molecule has 0 saturated heterocycles. The second-order valence-electron chi connectivity index (χ2n) is 1.68. The molecule has 1 radical (unpaired) electrons. The van der Waals surface area contributed by atoms with Crippen molar-refractivity contribution >= 4 is 5.65 Å². The summed E-state index contributed by atoms with van der Waals surface area (Å²) in [5.74, 6) is 0. The van der Waals surface area contributed by atoms with Crippen LogP contribution in [0.3, 0.4) is 0 Å². The molecule has 2 rings (SSSR count). The molecule has 0 aliphatic heterocycles. The van der Waals surface area contributed by atoms with Crippen LogP contribution in [0.5, 0.6) is 0 Å². The monoisotopic (exact) mass is 118 g/mol. The van der Waals surface area contributed by atoms with Crippen molar-refractivity contribution in [2.24, 2.45) is 0 Å². The van der Waals surface area contributed by atoms with E-state index in [0.29, 0.717) is 0 Å². The van der Waals surface area contributed by atoms with E-state index < -0.39 is 0 Å². The van der Waals surface area contributed by atoms with E-state index in [1.807, 2.05) is 6.07 Å². The minimum Gasteiger partial charge on any atom is -0.237 e. The predicted octanol–water partition coefficient (Wildman–Crippen LogP) is 0.529. The van der Waals surface area contributed by atoms with Crippen LogP contribution in [0.15, 0.2) is 24.5 Å². The van der Waals surface area contributed by atoms with Crippen molar-refractivity contribution < 1.29 is 0 Å². The average Bonchev–Trinajstić information content (AvgIpc) is 2.33. The molecule has 0 aliphatic carbocycles. The molecule has 2 aromatic rings. The van der Waals surface area contributed by atoms with Crippen molar-refractivity contribution in [1.82, 2.24) is 14.6 Å². The lowest BCUT2D eigenvalue weighted by atomic mass is 10.6. The van der Waals surface area contributed by atoms with Gasteiger partial charge in [0.05, 0.1) is 12.4 Å². The van der Waals surface area contributed by atoms with Gasteiger partial charge in [-0.1, -0.05) is 0 Å². The van der Waals surface area contributed by atoms with Crippen molar-refractivity contribution in [3.8, 4) is 0 Å². The number of aromatic nitrogens is 3. The van der Waals surface area contributed by atoms with Gasteiger partial charge in [0.2, 0.25) is 0 Å². The zero-order valence-corrected chi connectivity index (χ0v) is 4.65. The van der Waals surface area contributed by atoms with Gasteiger partial charge in [-0.25, -0.2) is 9.50 Å². The Kier molecular flexibility index (Phi) is 0.773. The van der Waals surface area contributed by atoms with Crippen molar-refractivity contribution in [1.29, 1.82) is 0 Å². The van der Waals surface area contributed by atoms with Crippen LogP contribution in [0.4, 0.5) is 0 Å². The lowest BCUT2D eigenvalue weighted by Gasteiger charge is -1.84. The third-order valence-corrected chi connectivity index (χ3v) is 1.10. The molecular formula is C6H4N3. The quantitative estimate of drug-likeness (QED) is 0.505. The Balaban J connectivity index is 2.95. The molecule has 0 amide bonds. The van der Waals surface area contributed by atoms with Crippen molar-refractivity contribution in [3.05, 3.63) is 30.7 Å². The van der Waals surface area contributed by atoms with Gasteiger partial charge in [-0.2, -0.15) is 5.10 Å². The fourth-order valence-electron chi connectivity index (χ4n) is 0.711. The summed E-state index contributed by atoms with van der Waals surface area (Å²) < 4.78 is 1.60. The van der Waals surface area contributed by atoms with Gasteiger partial charge in [-0.05, 0) is 6.07 Å². The van der Waals surface area contributed by atoms with Gasteiger partial charge in [-0.15, -0.1) is 0 Å². The Hall–Kier alpha value is -1.38. The molecule has 9 heavy (non-hydrogen) atoms. The largest absolute Gasteiger partial charge is 0.237 e. The maximum absolute atomic E-state index is 4.01. The highest BCUT2D eigenvalue weighted by molar-refractivity contribution is 5.33. The fourth-order valence-corrected chi connectivity index (χ4v) is 0.711. The summed E-state index contributed by atoms with van der Waals surface area (Å²) in [6.45, 7) is 0. The smallest absolute Gasteiger partial charge is 0.155 e. The van der Waals surface area contributed by atoms with Gasteiger partial charge in [-0.3, -0.25) is 0 Å². The normalized spacial score (nSPS) is 10.2. The molecular weight excluding hydrogens is 114 g/mol. The Morgan fingerprint density at radius 1 is 1.44 bits per heavy atom. The van der Waals surface area contributed by atoms with Crippen LogP contribution in [0.2, 0.25) is 0 Å². The predicted molar refractivity (Wildman–Crippen MR) is 31.8 cm³/mol. The lowest BCUT2D eigenvalue weighted by molar-refractivity contribution is 0.931. The van der Waals surface area contributed by atoms with E-state index >= 15 is 0 Å². The molecule has 3 nitrogen and oxygen atoms in total. The van der Waals surface area contributed by atoms with Crippen LogP contribution in [0.25, 0.3) is 5.65 Å². The molecule has 0 bridgehead atoms. The standard InChI is InChI=1S/C6H4N3/c1-3-7-6-2-4-8-9(6)5-1/h1-4H. The van der Waals surface area contributed by atoms with Crippen molar-refractivity contribution in [3.63, 3.8) is 0 Å². The second kappa shape index (κ2) is 1.55. The fraction of sp³-hybridized carbons (Fsp3) is 0. The highest BCUT2D eigenvalue weighted by atomic mass is 15.2. The Morgan fingerprint density at radius 2 is 2.44 bits per heavy atom. The maximum atomic E-state index is 4.01. The summed E-state index contributed by atoms with van der Waals surface area (Å²) in [6, 6.07) is 3.55. The molecule has 43 valence electrons. The summed E-state index contributed by atoms with van der Waals surface area (Å²) in [5.41, 5.74) is 0.831. The number of nitrogens with zero attached hydrogens (tertiary/aromatic N) is 3. The van der Waals surface area contributed by atoms with Crippen LogP contribution in [-0.2, 0) is 0 Å². The van der Waals surface area contributed by atoms with Gasteiger partial charge in [0.25, 0.3) is 0 Å². The third kappa shape index (κ3) is 0.579. The number of hydrogen-bond acceptors (Lipinski definition) is 2. The molecule has 0 aromatic carbocycles. The van der Waals surface area contributed by atoms with E-state index in [2.05, 4.69) is 16.3 Å². The van der Waals surface area contributed by atoms with Gasteiger partial charge < -0.3 is 0 Å². The van der Waals surface area contributed by atoms with Crippen LogP contribution >= 0.6 is 0 Å². The molecule has 0 unspecified atom stereocenters.